The first-order valence-corrected chi connectivity index (χ1v) is 9.51. The van der Waals surface area contributed by atoms with Gasteiger partial charge in [0, 0.05) is 13.1 Å². The zero-order valence-electron chi connectivity index (χ0n) is 17.6. The Bertz CT molecular complexity index is 767. The van der Waals surface area contributed by atoms with E-state index in [9.17, 15) is 5.11 Å². The average molecular weight is 513 g/mol. The highest BCUT2D eigenvalue weighted by atomic mass is 127. The van der Waals surface area contributed by atoms with E-state index in [1.807, 2.05) is 55.5 Å². The van der Waals surface area contributed by atoms with Crippen LogP contribution in [0.1, 0.15) is 25.0 Å². The molecule has 7 heteroatoms. The quantitative estimate of drug-likeness (QED) is 0.273. The zero-order chi connectivity index (χ0) is 20.4. The van der Waals surface area contributed by atoms with Crippen LogP contribution in [0.5, 0.6) is 11.5 Å². The lowest BCUT2D eigenvalue weighted by Gasteiger charge is -2.22. The number of methoxy groups -OCH3 is 2. The number of nitrogens with zero attached hydrogens (tertiary/aromatic N) is 1. The van der Waals surface area contributed by atoms with E-state index in [-0.39, 0.29) is 30.5 Å². The molecule has 0 saturated heterocycles. The largest absolute Gasteiger partial charge is 0.493 e. The summed E-state index contributed by atoms with van der Waals surface area (Å²) in [5, 5.41) is 17.3. The highest BCUT2D eigenvalue weighted by Gasteiger charge is 2.22. The lowest BCUT2D eigenvalue weighted by molar-refractivity contribution is 0.0672. The minimum atomic E-state index is -1.02. The van der Waals surface area contributed by atoms with Crippen LogP contribution in [-0.2, 0) is 12.0 Å². The van der Waals surface area contributed by atoms with Crippen LogP contribution < -0.4 is 20.1 Å². The minimum Gasteiger partial charge on any atom is -0.493 e. The average Bonchev–Trinajstić information content (AvgIpc) is 2.72. The monoisotopic (exact) mass is 513 g/mol. The molecule has 0 aliphatic carbocycles. The molecule has 0 aromatic heterocycles. The molecule has 3 N–H and O–H groups in total. The normalized spacial score (nSPS) is 13.1. The number of aliphatic hydroxyl groups is 1. The van der Waals surface area contributed by atoms with Gasteiger partial charge >= 0.3 is 0 Å². The van der Waals surface area contributed by atoms with Gasteiger partial charge < -0.3 is 25.2 Å². The lowest BCUT2D eigenvalue weighted by Crippen LogP contribution is -2.39. The summed E-state index contributed by atoms with van der Waals surface area (Å²) in [6.07, 6.45) is 0.805. The molecule has 160 valence electrons. The van der Waals surface area contributed by atoms with Crippen molar-refractivity contribution < 1.29 is 14.6 Å². The summed E-state index contributed by atoms with van der Waals surface area (Å²) in [5.41, 5.74) is 0.963. The third kappa shape index (κ3) is 7.74. The van der Waals surface area contributed by atoms with Gasteiger partial charge in [-0.25, -0.2) is 4.99 Å². The van der Waals surface area contributed by atoms with Crippen LogP contribution in [-0.4, -0.2) is 44.9 Å². The molecule has 0 radical (unpaired) electrons. The number of hydrogen-bond acceptors (Lipinski definition) is 4. The second-order valence-corrected chi connectivity index (χ2v) is 6.70. The number of rotatable bonds is 9. The summed E-state index contributed by atoms with van der Waals surface area (Å²) in [4.78, 5) is 4.55. The number of nitrogens with one attached hydrogen (secondary N) is 2. The fourth-order valence-electron chi connectivity index (χ4n) is 2.82. The van der Waals surface area contributed by atoms with Gasteiger partial charge in [0.05, 0.1) is 20.8 Å². The summed E-state index contributed by atoms with van der Waals surface area (Å²) in [5.74, 6) is 2.12. The number of hydrogen-bond donors (Lipinski definition) is 3. The molecular weight excluding hydrogens is 481 g/mol. The highest BCUT2D eigenvalue weighted by Crippen LogP contribution is 2.27. The summed E-state index contributed by atoms with van der Waals surface area (Å²) >= 11 is 0. The van der Waals surface area contributed by atoms with Crippen molar-refractivity contribution in [3.8, 4) is 11.5 Å². The predicted octanol–water partition coefficient (Wildman–Crippen LogP) is 3.33. The van der Waals surface area contributed by atoms with Gasteiger partial charge in [0.15, 0.2) is 17.5 Å². The van der Waals surface area contributed by atoms with Gasteiger partial charge in [-0.15, -0.1) is 24.0 Å². The second kappa shape index (κ2) is 12.5. The first kappa shape index (κ1) is 25.0. The van der Waals surface area contributed by atoms with E-state index in [1.54, 1.807) is 21.1 Å². The van der Waals surface area contributed by atoms with Crippen molar-refractivity contribution in [1.29, 1.82) is 0 Å². The molecule has 0 saturated carbocycles. The molecule has 0 amide bonds. The molecule has 0 fully saturated rings. The molecule has 2 aromatic rings. The van der Waals surface area contributed by atoms with Crippen LogP contribution in [0.3, 0.4) is 0 Å². The molecule has 1 unspecified atom stereocenters. The SMILES string of the molecule is CCNC(=NCC(C)(O)c1ccccc1)NCCc1ccc(OC)c(OC)c1.I. The molecule has 2 rings (SSSR count). The maximum Gasteiger partial charge on any atom is 0.191 e. The Morgan fingerprint density at radius 1 is 1.03 bits per heavy atom. The second-order valence-electron chi connectivity index (χ2n) is 6.70. The summed E-state index contributed by atoms with van der Waals surface area (Å²) < 4.78 is 10.6. The van der Waals surface area contributed by atoms with Gasteiger partial charge in [0.2, 0.25) is 0 Å². The fraction of sp³-hybridized carbons (Fsp3) is 0.409. The van der Waals surface area contributed by atoms with Crippen molar-refractivity contribution in [2.75, 3.05) is 33.9 Å². The minimum absolute atomic E-state index is 0. The van der Waals surface area contributed by atoms with Crippen molar-refractivity contribution in [3.63, 3.8) is 0 Å². The van der Waals surface area contributed by atoms with Crippen molar-refractivity contribution in [3.05, 3.63) is 59.7 Å². The number of benzene rings is 2. The molecule has 6 nitrogen and oxygen atoms in total. The molecule has 0 aliphatic heterocycles. The summed E-state index contributed by atoms with van der Waals surface area (Å²) in [7, 11) is 3.26. The Kier molecular flexibility index (Phi) is 10.8. The van der Waals surface area contributed by atoms with E-state index in [0.29, 0.717) is 12.5 Å². The summed E-state index contributed by atoms with van der Waals surface area (Å²) in [6.45, 7) is 5.51. The Morgan fingerprint density at radius 2 is 1.72 bits per heavy atom. The van der Waals surface area contributed by atoms with Crippen LogP contribution in [0.4, 0.5) is 0 Å². The molecule has 0 heterocycles. The zero-order valence-corrected chi connectivity index (χ0v) is 19.9. The molecule has 29 heavy (non-hydrogen) atoms. The molecule has 2 aromatic carbocycles. The predicted molar refractivity (Wildman–Crippen MR) is 129 cm³/mol. The summed E-state index contributed by atoms with van der Waals surface area (Å²) in [6, 6.07) is 15.5. The number of aliphatic imine (C=N–C) groups is 1. The smallest absolute Gasteiger partial charge is 0.191 e. The molecule has 0 aliphatic rings. The van der Waals surface area contributed by atoms with Gasteiger partial charge in [0.25, 0.3) is 0 Å². The van der Waals surface area contributed by atoms with E-state index in [0.717, 1.165) is 35.6 Å². The first-order valence-electron chi connectivity index (χ1n) is 9.51. The standard InChI is InChI=1S/C22H31N3O3.HI/c1-5-23-21(25-16-22(2,26)18-9-7-6-8-10-18)24-14-13-17-11-12-19(27-3)20(15-17)28-4;/h6-12,15,26H,5,13-14,16H2,1-4H3,(H2,23,24,25);1H. The Labute approximate surface area is 190 Å². The highest BCUT2D eigenvalue weighted by molar-refractivity contribution is 14.0. The molecule has 1 atom stereocenters. The Morgan fingerprint density at radius 3 is 2.34 bits per heavy atom. The topological polar surface area (TPSA) is 75.1 Å². The van der Waals surface area contributed by atoms with Crippen molar-refractivity contribution in [2.45, 2.75) is 25.9 Å². The van der Waals surface area contributed by atoms with Gasteiger partial charge in [0.1, 0.15) is 5.60 Å². The van der Waals surface area contributed by atoms with E-state index >= 15 is 0 Å². The van der Waals surface area contributed by atoms with Crippen LogP contribution in [0.15, 0.2) is 53.5 Å². The van der Waals surface area contributed by atoms with Crippen molar-refractivity contribution >= 4 is 29.9 Å². The fourth-order valence-corrected chi connectivity index (χ4v) is 2.82. The molecule has 0 bridgehead atoms. The molecule has 0 spiro atoms. The first-order chi connectivity index (χ1) is 13.5. The van der Waals surface area contributed by atoms with Crippen molar-refractivity contribution in [2.24, 2.45) is 4.99 Å². The number of guanidine groups is 1. The Hall–Kier alpha value is -2.00. The maximum absolute atomic E-state index is 10.7. The van der Waals surface area contributed by atoms with Crippen LogP contribution in [0.2, 0.25) is 0 Å². The number of halogens is 1. The van der Waals surface area contributed by atoms with E-state index < -0.39 is 5.60 Å². The Balaban J connectivity index is 0.00000420. The van der Waals surface area contributed by atoms with Gasteiger partial charge in [-0.1, -0.05) is 36.4 Å². The van der Waals surface area contributed by atoms with Crippen LogP contribution >= 0.6 is 24.0 Å². The third-order valence-electron chi connectivity index (χ3n) is 4.44. The van der Waals surface area contributed by atoms with Crippen molar-refractivity contribution in [1.82, 2.24) is 10.6 Å². The van der Waals surface area contributed by atoms with E-state index in [1.165, 1.54) is 0 Å². The molecular formula is C22H32IN3O3. The van der Waals surface area contributed by atoms with Gasteiger partial charge in [-0.05, 0) is 43.5 Å². The van der Waals surface area contributed by atoms with Gasteiger partial charge in [-0.3, -0.25) is 0 Å². The maximum atomic E-state index is 10.7. The van der Waals surface area contributed by atoms with Crippen LogP contribution in [0, 0.1) is 0 Å². The number of ether oxygens (including phenoxy) is 2. The van der Waals surface area contributed by atoms with E-state index in [2.05, 4.69) is 15.6 Å². The van der Waals surface area contributed by atoms with Gasteiger partial charge in [-0.2, -0.15) is 0 Å². The lowest BCUT2D eigenvalue weighted by atomic mass is 9.96. The van der Waals surface area contributed by atoms with E-state index in [4.69, 9.17) is 9.47 Å². The van der Waals surface area contributed by atoms with Crippen LogP contribution in [0.25, 0.3) is 0 Å². The third-order valence-corrected chi connectivity index (χ3v) is 4.44.